The van der Waals surface area contributed by atoms with Gasteiger partial charge in [0.2, 0.25) is 0 Å². The fraction of sp³-hybridized carbons (Fsp3) is 0.200. The molecule has 2 aromatic carbocycles. The van der Waals surface area contributed by atoms with Crippen LogP contribution in [0.15, 0.2) is 42.5 Å². The first-order valence-corrected chi connectivity index (χ1v) is 5.56. The normalized spacial score (nSPS) is 10.4. The molecule has 0 heterocycles. The molecule has 1 heteroatoms. The Kier molecular flexibility index (Phi) is 2.95. The van der Waals surface area contributed by atoms with E-state index in [-0.39, 0.29) is 0 Å². The Morgan fingerprint density at radius 3 is 2.31 bits per heavy atom. The SMILES string of the molecule is Cc1ccc(C)c(Cc2ccc(N)cc2)c1. The van der Waals surface area contributed by atoms with Gasteiger partial charge in [-0.25, -0.2) is 0 Å². The highest BCUT2D eigenvalue weighted by atomic mass is 14.5. The summed E-state index contributed by atoms with van der Waals surface area (Å²) < 4.78 is 0. The number of nitrogens with two attached hydrogens (primary N) is 1. The van der Waals surface area contributed by atoms with Crippen molar-refractivity contribution in [1.29, 1.82) is 0 Å². The second-order valence-corrected chi connectivity index (χ2v) is 4.35. The van der Waals surface area contributed by atoms with Crippen molar-refractivity contribution in [2.24, 2.45) is 0 Å². The third-order valence-electron chi connectivity index (χ3n) is 2.88. The molecule has 1 nitrogen and oxygen atoms in total. The van der Waals surface area contributed by atoms with Crippen LogP contribution in [0.4, 0.5) is 5.69 Å². The molecule has 0 unspecified atom stereocenters. The van der Waals surface area contributed by atoms with E-state index in [2.05, 4.69) is 44.2 Å². The van der Waals surface area contributed by atoms with Crippen LogP contribution in [0.1, 0.15) is 22.3 Å². The lowest BCUT2D eigenvalue weighted by Gasteiger charge is -2.07. The summed E-state index contributed by atoms with van der Waals surface area (Å²) >= 11 is 0. The summed E-state index contributed by atoms with van der Waals surface area (Å²) in [5.41, 5.74) is 11.9. The molecule has 0 bridgehead atoms. The molecule has 16 heavy (non-hydrogen) atoms. The molecule has 2 rings (SSSR count). The average molecular weight is 211 g/mol. The van der Waals surface area contributed by atoms with Gasteiger partial charge in [-0.1, -0.05) is 35.9 Å². The summed E-state index contributed by atoms with van der Waals surface area (Å²) in [6.45, 7) is 4.29. The van der Waals surface area contributed by atoms with Crippen LogP contribution in [-0.4, -0.2) is 0 Å². The van der Waals surface area contributed by atoms with E-state index in [0.29, 0.717) is 0 Å². The Balaban J connectivity index is 2.26. The fourth-order valence-electron chi connectivity index (χ4n) is 1.85. The Bertz CT molecular complexity index is 483. The predicted molar refractivity (Wildman–Crippen MR) is 69.6 cm³/mol. The van der Waals surface area contributed by atoms with E-state index in [4.69, 9.17) is 5.73 Å². The minimum Gasteiger partial charge on any atom is -0.399 e. The summed E-state index contributed by atoms with van der Waals surface area (Å²) in [5, 5.41) is 0. The molecule has 0 saturated heterocycles. The van der Waals surface area contributed by atoms with Crippen LogP contribution in [0.25, 0.3) is 0 Å². The molecule has 0 amide bonds. The number of hydrogen-bond donors (Lipinski definition) is 1. The third-order valence-corrected chi connectivity index (χ3v) is 2.88. The average Bonchev–Trinajstić information content (AvgIpc) is 2.27. The van der Waals surface area contributed by atoms with Crippen molar-refractivity contribution in [3.05, 3.63) is 64.7 Å². The molecular weight excluding hydrogens is 194 g/mol. The zero-order valence-corrected chi connectivity index (χ0v) is 9.83. The van der Waals surface area contributed by atoms with Crippen molar-refractivity contribution in [3.63, 3.8) is 0 Å². The molecule has 0 saturated carbocycles. The lowest BCUT2D eigenvalue weighted by atomic mass is 9.98. The molecule has 82 valence electrons. The topological polar surface area (TPSA) is 26.0 Å². The van der Waals surface area contributed by atoms with Gasteiger partial charge in [0.1, 0.15) is 0 Å². The smallest absolute Gasteiger partial charge is 0.0314 e. The Hall–Kier alpha value is -1.76. The molecule has 2 aromatic rings. The first kappa shape index (κ1) is 10.7. The van der Waals surface area contributed by atoms with Gasteiger partial charge in [0.05, 0.1) is 0 Å². The van der Waals surface area contributed by atoms with Crippen LogP contribution in [0, 0.1) is 13.8 Å². The van der Waals surface area contributed by atoms with Crippen LogP contribution < -0.4 is 5.73 Å². The van der Waals surface area contributed by atoms with Crippen LogP contribution in [0.5, 0.6) is 0 Å². The summed E-state index contributed by atoms with van der Waals surface area (Å²) in [4.78, 5) is 0. The second kappa shape index (κ2) is 4.40. The molecule has 0 aromatic heterocycles. The molecular formula is C15H17N. The lowest BCUT2D eigenvalue weighted by molar-refractivity contribution is 1.15. The first-order valence-electron chi connectivity index (χ1n) is 5.56. The maximum absolute atomic E-state index is 5.67. The Morgan fingerprint density at radius 2 is 1.62 bits per heavy atom. The predicted octanol–water partition coefficient (Wildman–Crippen LogP) is 3.48. The molecule has 0 radical (unpaired) electrons. The summed E-state index contributed by atoms with van der Waals surface area (Å²) in [7, 11) is 0. The number of anilines is 1. The fourth-order valence-corrected chi connectivity index (χ4v) is 1.85. The zero-order valence-electron chi connectivity index (χ0n) is 9.83. The van der Waals surface area contributed by atoms with Crippen molar-refractivity contribution in [3.8, 4) is 0 Å². The highest BCUT2D eigenvalue weighted by molar-refractivity contribution is 5.42. The van der Waals surface area contributed by atoms with Crippen LogP contribution >= 0.6 is 0 Å². The number of rotatable bonds is 2. The maximum Gasteiger partial charge on any atom is 0.0314 e. The van der Waals surface area contributed by atoms with Crippen molar-refractivity contribution >= 4 is 5.69 Å². The largest absolute Gasteiger partial charge is 0.399 e. The van der Waals surface area contributed by atoms with Crippen molar-refractivity contribution < 1.29 is 0 Å². The Labute approximate surface area is 96.9 Å². The standard InChI is InChI=1S/C15H17N/c1-11-3-4-12(2)14(9-11)10-13-5-7-15(16)8-6-13/h3-9H,10,16H2,1-2H3. The van der Waals surface area contributed by atoms with E-state index in [1.165, 1.54) is 22.3 Å². The van der Waals surface area contributed by atoms with E-state index in [1.807, 2.05) is 12.1 Å². The van der Waals surface area contributed by atoms with Gasteiger partial charge >= 0.3 is 0 Å². The quantitative estimate of drug-likeness (QED) is 0.756. The van der Waals surface area contributed by atoms with Crippen molar-refractivity contribution in [1.82, 2.24) is 0 Å². The molecule has 0 aliphatic carbocycles. The van der Waals surface area contributed by atoms with Gasteiger partial charge in [0, 0.05) is 5.69 Å². The van der Waals surface area contributed by atoms with E-state index in [1.54, 1.807) is 0 Å². The van der Waals surface area contributed by atoms with E-state index in [9.17, 15) is 0 Å². The summed E-state index contributed by atoms with van der Waals surface area (Å²) in [6.07, 6.45) is 0.980. The first-order chi connectivity index (χ1) is 7.65. The van der Waals surface area contributed by atoms with Crippen LogP contribution in [0.3, 0.4) is 0 Å². The molecule has 0 atom stereocenters. The lowest BCUT2D eigenvalue weighted by Crippen LogP contribution is -1.93. The van der Waals surface area contributed by atoms with Gasteiger partial charge in [-0.3, -0.25) is 0 Å². The maximum atomic E-state index is 5.67. The monoisotopic (exact) mass is 211 g/mol. The highest BCUT2D eigenvalue weighted by Crippen LogP contribution is 2.16. The van der Waals surface area contributed by atoms with Gasteiger partial charge in [0.25, 0.3) is 0 Å². The molecule has 0 spiro atoms. The molecule has 0 fully saturated rings. The van der Waals surface area contributed by atoms with Gasteiger partial charge in [-0.05, 0) is 49.1 Å². The summed E-state index contributed by atoms with van der Waals surface area (Å²) in [6, 6.07) is 14.7. The molecule has 0 aliphatic heterocycles. The minimum absolute atomic E-state index is 0.824. The third kappa shape index (κ3) is 2.43. The van der Waals surface area contributed by atoms with Crippen molar-refractivity contribution in [2.75, 3.05) is 5.73 Å². The number of nitrogen functional groups attached to an aromatic ring is 1. The van der Waals surface area contributed by atoms with Crippen molar-refractivity contribution in [2.45, 2.75) is 20.3 Å². The van der Waals surface area contributed by atoms with Gasteiger partial charge in [0.15, 0.2) is 0 Å². The van der Waals surface area contributed by atoms with Crippen LogP contribution in [0.2, 0.25) is 0 Å². The van der Waals surface area contributed by atoms with Gasteiger partial charge in [-0.15, -0.1) is 0 Å². The number of benzene rings is 2. The van der Waals surface area contributed by atoms with E-state index < -0.39 is 0 Å². The summed E-state index contributed by atoms with van der Waals surface area (Å²) in [5.74, 6) is 0. The Morgan fingerprint density at radius 1 is 0.938 bits per heavy atom. The zero-order chi connectivity index (χ0) is 11.5. The highest BCUT2D eigenvalue weighted by Gasteiger charge is 2.00. The van der Waals surface area contributed by atoms with E-state index >= 15 is 0 Å². The second-order valence-electron chi connectivity index (χ2n) is 4.35. The number of aryl methyl sites for hydroxylation is 2. The van der Waals surface area contributed by atoms with Crippen LogP contribution in [-0.2, 0) is 6.42 Å². The van der Waals surface area contributed by atoms with E-state index in [0.717, 1.165) is 12.1 Å². The van der Waals surface area contributed by atoms with Gasteiger partial charge in [-0.2, -0.15) is 0 Å². The minimum atomic E-state index is 0.824. The molecule has 2 N–H and O–H groups in total. The molecule has 0 aliphatic rings. The number of hydrogen-bond acceptors (Lipinski definition) is 1. The van der Waals surface area contributed by atoms with Gasteiger partial charge < -0.3 is 5.73 Å².